The number of rotatable bonds is 3. The Morgan fingerprint density at radius 3 is 2.32 bits per heavy atom. The van der Waals surface area contributed by atoms with Crippen LogP contribution >= 0.6 is 23.2 Å². The molecule has 0 aliphatic carbocycles. The van der Waals surface area contributed by atoms with E-state index in [1.165, 1.54) is 0 Å². The molecule has 7 heteroatoms. The van der Waals surface area contributed by atoms with Crippen molar-refractivity contribution in [2.24, 2.45) is 0 Å². The minimum Gasteiger partial charge on any atom is -0.372 e. The number of benzene rings is 1. The fraction of sp³-hybridized carbons (Fsp3) is 0.0833. The lowest BCUT2D eigenvalue weighted by atomic mass is 10.3. The molecule has 1 aromatic carbocycles. The highest BCUT2D eigenvalue weighted by Crippen LogP contribution is 2.22. The van der Waals surface area contributed by atoms with Gasteiger partial charge in [0.2, 0.25) is 0 Å². The third kappa shape index (κ3) is 3.56. The van der Waals surface area contributed by atoms with Crippen molar-refractivity contribution in [3.05, 3.63) is 46.1 Å². The van der Waals surface area contributed by atoms with Crippen LogP contribution in [0.5, 0.6) is 0 Å². The van der Waals surface area contributed by atoms with Gasteiger partial charge >= 0.3 is 0 Å². The van der Waals surface area contributed by atoms with Crippen LogP contribution in [0.3, 0.4) is 0 Å². The smallest absolute Gasteiger partial charge is 0.276 e. The molecular weight excluding hydrogens is 287 g/mol. The SMILES string of the molecule is CNc1ccc(C(=O)Nc2cc(Cl)cc(Cl)c2)nn1. The number of amides is 1. The molecule has 5 nitrogen and oxygen atoms in total. The number of carbonyl (C=O) groups is 1. The minimum atomic E-state index is -0.381. The molecule has 19 heavy (non-hydrogen) atoms. The maximum absolute atomic E-state index is 11.9. The number of nitrogens with zero attached hydrogens (tertiary/aromatic N) is 2. The summed E-state index contributed by atoms with van der Waals surface area (Å²) in [6, 6.07) is 8.01. The summed E-state index contributed by atoms with van der Waals surface area (Å²) < 4.78 is 0. The van der Waals surface area contributed by atoms with Gasteiger partial charge in [0.15, 0.2) is 5.69 Å². The highest BCUT2D eigenvalue weighted by Gasteiger charge is 2.09. The van der Waals surface area contributed by atoms with Crippen LogP contribution in [0.15, 0.2) is 30.3 Å². The van der Waals surface area contributed by atoms with Crippen molar-refractivity contribution >= 4 is 40.6 Å². The fourth-order valence-corrected chi connectivity index (χ4v) is 1.93. The predicted molar refractivity (Wildman–Crippen MR) is 76.0 cm³/mol. The van der Waals surface area contributed by atoms with E-state index in [0.29, 0.717) is 21.6 Å². The number of aromatic nitrogens is 2. The molecule has 0 saturated carbocycles. The van der Waals surface area contributed by atoms with Gasteiger partial charge in [-0.1, -0.05) is 23.2 Å². The second kappa shape index (κ2) is 5.86. The van der Waals surface area contributed by atoms with Crippen molar-refractivity contribution in [1.82, 2.24) is 10.2 Å². The van der Waals surface area contributed by atoms with Crippen LogP contribution in [0, 0.1) is 0 Å². The van der Waals surface area contributed by atoms with E-state index in [4.69, 9.17) is 23.2 Å². The molecule has 2 rings (SSSR count). The Morgan fingerprint density at radius 2 is 1.79 bits per heavy atom. The number of anilines is 2. The molecule has 0 aliphatic rings. The van der Waals surface area contributed by atoms with Gasteiger partial charge in [0.25, 0.3) is 5.91 Å². The van der Waals surface area contributed by atoms with E-state index in [1.807, 2.05) is 0 Å². The Bertz CT molecular complexity index is 581. The van der Waals surface area contributed by atoms with Gasteiger partial charge in [0.05, 0.1) is 0 Å². The molecule has 1 heterocycles. The van der Waals surface area contributed by atoms with Crippen molar-refractivity contribution in [2.45, 2.75) is 0 Å². The van der Waals surface area contributed by atoms with Crippen LogP contribution in [0.1, 0.15) is 10.5 Å². The van der Waals surface area contributed by atoms with Gasteiger partial charge in [-0.25, -0.2) is 0 Å². The summed E-state index contributed by atoms with van der Waals surface area (Å²) >= 11 is 11.7. The van der Waals surface area contributed by atoms with Crippen LogP contribution in [0.2, 0.25) is 10.0 Å². The first-order valence-electron chi connectivity index (χ1n) is 5.37. The van der Waals surface area contributed by atoms with E-state index >= 15 is 0 Å². The largest absolute Gasteiger partial charge is 0.372 e. The average molecular weight is 297 g/mol. The Hall–Kier alpha value is -1.85. The number of hydrogen-bond acceptors (Lipinski definition) is 4. The number of halogens is 2. The molecule has 0 fully saturated rings. The molecule has 0 spiro atoms. The minimum absolute atomic E-state index is 0.204. The summed E-state index contributed by atoms with van der Waals surface area (Å²) in [5.74, 6) is 0.204. The fourth-order valence-electron chi connectivity index (χ4n) is 1.41. The van der Waals surface area contributed by atoms with Crippen molar-refractivity contribution < 1.29 is 4.79 Å². The van der Waals surface area contributed by atoms with Gasteiger partial charge in [-0.05, 0) is 30.3 Å². The van der Waals surface area contributed by atoms with Crippen LogP contribution < -0.4 is 10.6 Å². The van der Waals surface area contributed by atoms with Crippen LogP contribution in [-0.2, 0) is 0 Å². The van der Waals surface area contributed by atoms with Gasteiger partial charge < -0.3 is 10.6 Å². The Kier molecular flexibility index (Phi) is 4.19. The molecule has 2 aromatic rings. The van der Waals surface area contributed by atoms with Gasteiger partial charge in [0, 0.05) is 22.8 Å². The molecule has 0 radical (unpaired) electrons. The Morgan fingerprint density at radius 1 is 1.11 bits per heavy atom. The van der Waals surface area contributed by atoms with E-state index in [2.05, 4.69) is 20.8 Å². The number of nitrogens with one attached hydrogen (secondary N) is 2. The summed E-state index contributed by atoms with van der Waals surface area (Å²) in [6.45, 7) is 0. The van der Waals surface area contributed by atoms with Crippen molar-refractivity contribution in [3.8, 4) is 0 Å². The standard InChI is InChI=1S/C12H10Cl2N4O/c1-15-11-3-2-10(17-18-11)12(19)16-9-5-7(13)4-8(14)6-9/h2-6H,1H3,(H,15,18)(H,16,19). The second-order valence-corrected chi connectivity index (χ2v) is 4.54. The van der Waals surface area contributed by atoms with E-state index < -0.39 is 0 Å². The lowest BCUT2D eigenvalue weighted by molar-refractivity contribution is 0.102. The molecule has 0 bridgehead atoms. The van der Waals surface area contributed by atoms with Gasteiger partial charge in [-0.15, -0.1) is 10.2 Å². The molecule has 1 aromatic heterocycles. The first-order chi connectivity index (χ1) is 9.08. The maximum atomic E-state index is 11.9. The Balaban J connectivity index is 2.15. The second-order valence-electron chi connectivity index (χ2n) is 3.67. The lowest BCUT2D eigenvalue weighted by Gasteiger charge is -2.06. The molecule has 0 saturated heterocycles. The van der Waals surface area contributed by atoms with Crippen molar-refractivity contribution in [2.75, 3.05) is 17.7 Å². The van der Waals surface area contributed by atoms with Crippen LogP contribution in [0.25, 0.3) is 0 Å². The van der Waals surface area contributed by atoms with E-state index in [9.17, 15) is 4.79 Å². The van der Waals surface area contributed by atoms with Crippen LogP contribution in [-0.4, -0.2) is 23.2 Å². The summed E-state index contributed by atoms with van der Waals surface area (Å²) in [5.41, 5.74) is 0.706. The molecule has 98 valence electrons. The molecule has 0 atom stereocenters. The summed E-state index contributed by atoms with van der Waals surface area (Å²) in [6.07, 6.45) is 0. The Labute approximate surface area is 119 Å². The van der Waals surface area contributed by atoms with Gasteiger partial charge in [0.1, 0.15) is 5.82 Å². The van der Waals surface area contributed by atoms with E-state index in [1.54, 1.807) is 37.4 Å². The molecular formula is C12H10Cl2N4O. The zero-order valence-electron chi connectivity index (χ0n) is 9.95. The van der Waals surface area contributed by atoms with Crippen LogP contribution in [0.4, 0.5) is 11.5 Å². The lowest BCUT2D eigenvalue weighted by Crippen LogP contribution is -2.14. The zero-order valence-corrected chi connectivity index (χ0v) is 11.5. The highest BCUT2D eigenvalue weighted by molar-refractivity contribution is 6.35. The number of carbonyl (C=O) groups excluding carboxylic acids is 1. The monoisotopic (exact) mass is 296 g/mol. The highest BCUT2D eigenvalue weighted by atomic mass is 35.5. The van der Waals surface area contributed by atoms with Gasteiger partial charge in [-0.2, -0.15) is 0 Å². The average Bonchev–Trinajstić information content (AvgIpc) is 2.37. The molecule has 0 unspecified atom stereocenters. The summed E-state index contributed by atoms with van der Waals surface area (Å²) in [5, 5.41) is 14.0. The van der Waals surface area contributed by atoms with E-state index in [0.717, 1.165) is 0 Å². The molecule has 1 amide bonds. The third-order valence-corrected chi connectivity index (χ3v) is 2.71. The zero-order chi connectivity index (χ0) is 13.8. The third-order valence-electron chi connectivity index (χ3n) is 2.27. The van der Waals surface area contributed by atoms with Gasteiger partial charge in [-0.3, -0.25) is 4.79 Å². The maximum Gasteiger partial charge on any atom is 0.276 e. The number of hydrogen-bond donors (Lipinski definition) is 2. The molecule has 2 N–H and O–H groups in total. The first kappa shape index (κ1) is 13.6. The predicted octanol–water partition coefficient (Wildman–Crippen LogP) is 3.08. The first-order valence-corrected chi connectivity index (χ1v) is 6.13. The molecule has 0 aliphatic heterocycles. The topological polar surface area (TPSA) is 66.9 Å². The summed E-state index contributed by atoms with van der Waals surface area (Å²) in [4.78, 5) is 11.9. The van der Waals surface area contributed by atoms with E-state index in [-0.39, 0.29) is 11.6 Å². The van der Waals surface area contributed by atoms with Crippen molar-refractivity contribution in [1.29, 1.82) is 0 Å². The van der Waals surface area contributed by atoms with Crippen molar-refractivity contribution in [3.63, 3.8) is 0 Å². The normalized spacial score (nSPS) is 10.1. The quantitative estimate of drug-likeness (QED) is 0.913. The summed E-state index contributed by atoms with van der Waals surface area (Å²) in [7, 11) is 1.72.